The van der Waals surface area contributed by atoms with E-state index in [0.29, 0.717) is 30.2 Å². The summed E-state index contributed by atoms with van der Waals surface area (Å²) in [7, 11) is 1.51. The third-order valence-electron chi connectivity index (χ3n) is 9.29. The number of para-hydroxylation sites is 1. The highest BCUT2D eigenvalue weighted by Crippen LogP contribution is 2.47. The maximum Gasteiger partial charge on any atom is 0.328 e. The number of benzene rings is 3. The number of hydrogen-bond donors (Lipinski definition) is 2. The van der Waals surface area contributed by atoms with Crippen LogP contribution in [0.2, 0.25) is 0 Å². The summed E-state index contributed by atoms with van der Waals surface area (Å²) in [5, 5.41) is 13.0. The summed E-state index contributed by atoms with van der Waals surface area (Å²) in [6.07, 6.45) is 8.64. The Bertz CT molecular complexity index is 1800. The van der Waals surface area contributed by atoms with Crippen molar-refractivity contribution >= 4 is 34.6 Å². The Labute approximate surface area is 269 Å². The molecule has 8 nitrogen and oxygen atoms in total. The van der Waals surface area contributed by atoms with Gasteiger partial charge in [-0.1, -0.05) is 61.7 Å². The van der Waals surface area contributed by atoms with Gasteiger partial charge in [-0.25, -0.2) is 4.79 Å². The van der Waals surface area contributed by atoms with Crippen LogP contribution < -0.4 is 10.1 Å². The summed E-state index contributed by atoms with van der Waals surface area (Å²) in [4.78, 5) is 38.3. The lowest BCUT2D eigenvalue weighted by Gasteiger charge is -2.29. The molecule has 46 heavy (non-hydrogen) atoms. The minimum absolute atomic E-state index is 0.0136. The highest BCUT2D eigenvalue weighted by Gasteiger charge is 2.35. The number of methoxy groups -OCH3 is 1. The van der Waals surface area contributed by atoms with Crippen LogP contribution in [-0.4, -0.2) is 53.2 Å². The summed E-state index contributed by atoms with van der Waals surface area (Å²) in [6.45, 7) is 2.91. The molecular weight excluding hydrogens is 580 g/mol. The number of aliphatic carboxylic acids is 1. The smallest absolute Gasteiger partial charge is 0.328 e. The Morgan fingerprint density at radius 1 is 1.04 bits per heavy atom. The molecule has 238 valence electrons. The summed E-state index contributed by atoms with van der Waals surface area (Å²) < 4.78 is 13.9. The quantitative estimate of drug-likeness (QED) is 0.189. The second kappa shape index (κ2) is 13.3. The van der Waals surface area contributed by atoms with Gasteiger partial charge in [-0.3, -0.25) is 9.59 Å². The molecule has 3 aromatic carbocycles. The Balaban J connectivity index is 1.31. The number of carbonyl (C=O) groups is 3. The Hall–Kier alpha value is -4.69. The van der Waals surface area contributed by atoms with Gasteiger partial charge in [0.05, 0.1) is 18.8 Å². The maximum atomic E-state index is 13.8. The second-order valence-corrected chi connectivity index (χ2v) is 12.6. The lowest BCUT2D eigenvalue weighted by Crippen LogP contribution is -2.56. The monoisotopic (exact) mass is 620 g/mol. The van der Waals surface area contributed by atoms with Crippen LogP contribution in [0, 0.1) is 0 Å². The van der Waals surface area contributed by atoms with Gasteiger partial charge in [0.2, 0.25) is 0 Å². The lowest BCUT2D eigenvalue weighted by molar-refractivity contribution is -0.131. The average molecular weight is 621 g/mol. The van der Waals surface area contributed by atoms with Crippen molar-refractivity contribution in [3.8, 4) is 17.0 Å². The number of amides is 1. The zero-order valence-electron chi connectivity index (χ0n) is 26.4. The third-order valence-corrected chi connectivity index (χ3v) is 9.29. The number of hydrogen-bond acceptors (Lipinski definition) is 5. The van der Waals surface area contributed by atoms with Crippen LogP contribution in [0.4, 0.5) is 0 Å². The standard InChI is InChI=1S/C38H40N2O6/c1-38(24-45-2,33(41)22-26-14-12-25(13-15-26)16-19-34(42)43)39-37(44)28-17-18-29-31(23-28)40-20-21-46-32-11-7-6-10-30(32)36(40)35(29)27-8-4-3-5-9-27/h6-7,10-19,23,27H,3-5,8-9,20-22,24H2,1-2H3,(H,39,44)(H,42,43)/b19-16+. The number of carboxylic acids is 1. The summed E-state index contributed by atoms with van der Waals surface area (Å²) in [5.41, 5.74) is 5.31. The molecule has 1 aliphatic carbocycles. The van der Waals surface area contributed by atoms with Crippen molar-refractivity contribution in [3.05, 3.63) is 95.1 Å². The third kappa shape index (κ3) is 6.35. The Kier molecular flexibility index (Phi) is 9.08. The van der Waals surface area contributed by atoms with Crippen LogP contribution >= 0.6 is 0 Å². The molecule has 8 heteroatoms. The first-order valence-electron chi connectivity index (χ1n) is 16.0. The molecular formula is C38H40N2O6. The van der Waals surface area contributed by atoms with E-state index in [2.05, 4.69) is 28.1 Å². The van der Waals surface area contributed by atoms with E-state index >= 15 is 0 Å². The van der Waals surface area contributed by atoms with Gasteiger partial charge in [-0.05, 0) is 72.7 Å². The van der Waals surface area contributed by atoms with E-state index in [9.17, 15) is 14.4 Å². The Morgan fingerprint density at radius 2 is 1.80 bits per heavy atom. The molecule has 6 rings (SSSR count). The van der Waals surface area contributed by atoms with Crippen molar-refractivity contribution < 1.29 is 29.0 Å². The number of ether oxygens (including phenoxy) is 2. The predicted octanol–water partition coefficient (Wildman–Crippen LogP) is 6.79. The molecule has 1 fully saturated rings. The maximum absolute atomic E-state index is 13.8. The molecule has 2 heterocycles. The lowest BCUT2D eigenvalue weighted by atomic mass is 9.81. The van der Waals surface area contributed by atoms with Gasteiger partial charge in [0.15, 0.2) is 5.78 Å². The molecule has 4 aromatic rings. The number of ketones is 1. The van der Waals surface area contributed by atoms with Gasteiger partial charge >= 0.3 is 5.97 Å². The van der Waals surface area contributed by atoms with E-state index in [1.54, 1.807) is 31.2 Å². The summed E-state index contributed by atoms with van der Waals surface area (Å²) in [5.74, 6) is -0.227. The van der Waals surface area contributed by atoms with Crippen molar-refractivity contribution in [2.75, 3.05) is 20.3 Å². The van der Waals surface area contributed by atoms with Crippen molar-refractivity contribution in [3.63, 3.8) is 0 Å². The van der Waals surface area contributed by atoms with Crippen molar-refractivity contribution in [1.82, 2.24) is 9.88 Å². The normalized spacial score (nSPS) is 16.2. The van der Waals surface area contributed by atoms with E-state index in [1.807, 2.05) is 24.3 Å². The number of carboxylic acid groups (broad SMARTS) is 1. The minimum Gasteiger partial charge on any atom is -0.491 e. The molecule has 0 radical (unpaired) electrons. The fourth-order valence-corrected chi connectivity index (χ4v) is 6.97. The first-order chi connectivity index (χ1) is 22.3. The van der Waals surface area contributed by atoms with E-state index in [1.165, 1.54) is 49.1 Å². The number of nitrogens with zero attached hydrogens (tertiary/aromatic N) is 1. The van der Waals surface area contributed by atoms with Crippen LogP contribution in [0.5, 0.6) is 5.75 Å². The predicted molar refractivity (Wildman–Crippen MR) is 178 cm³/mol. The van der Waals surface area contributed by atoms with Crippen LogP contribution in [0.1, 0.15) is 72.0 Å². The largest absolute Gasteiger partial charge is 0.491 e. The molecule has 0 bridgehead atoms. The molecule has 1 aliphatic heterocycles. The molecule has 1 unspecified atom stereocenters. The molecule has 2 aliphatic rings. The number of Topliss-reactive ketones (excluding diaryl/α,β-unsaturated/α-hetero) is 1. The van der Waals surface area contributed by atoms with E-state index in [4.69, 9.17) is 14.6 Å². The van der Waals surface area contributed by atoms with Gasteiger partial charge in [0.1, 0.15) is 17.9 Å². The Morgan fingerprint density at radius 3 is 2.54 bits per heavy atom. The topological polar surface area (TPSA) is 107 Å². The number of nitrogens with one attached hydrogen (secondary N) is 1. The fraction of sp³-hybridized carbons (Fsp3) is 0.342. The van der Waals surface area contributed by atoms with Crippen LogP contribution in [0.15, 0.2) is 72.8 Å². The van der Waals surface area contributed by atoms with Crippen LogP contribution in [0.25, 0.3) is 28.2 Å². The van der Waals surface area contributed by atoms with Gasteiger partial charge in [0, 0.05) is 41.6 Å². The highest BCUT2D eigenvalue weighted by molar-refractivity contribution is 6.04. The van der Waals surface area contributed by atoms with Crippen LogP contribution in [-0.2, 0) is 27.3 Å². The van der Waals surface area contributed by atoms with Crippen molar-refractivity contribution in [2.45, 2.75) is 63.5 Å². The first-order valence-corrected chi connectivity index (χ1v) is 16.0. The SMILES string of the molecule is COCC(C)(NC(=O)c1ccc2c(C3CCCCC3)c3n(c2c1)CCOc1ccccc1-3)C(=O)Cc1ccc(/C=C/C(=O)O)cc1. The number of carbonyl (C=O) groups excluding carboxylic acids is 2. The molecule has 1 aromatic heterocycles. The molecule has 1 amide bonds. The van der Waals surface area contributed by atoms with Gasteiger partial charge in [0.25, 0.3) is 5.91 Å². The molecule has 0 saturated heterocycles. The number of fused-ring (bicyclic) bond motifs is 5. The van der Waals surface area contributed by atoms with Gasteiger partial charge < -0.3 is 24.5 Å². The van der Waals surface area contributed by atoms with Crippen molar-refractivity contribution in [2.24, 2.45) is 0 Å². The van der Waals surface area contributed by atoms with Crippen LogP contribution in [0.3, 0.4) is 0 Å². The second-order valence-electron chi connectivity index (χ2n) is 12.6. The molecule has 0 spiro atoms. The molecule has 1 saturated carbocycles. The fourth-order valence-electron chi connectivity index (χ4n) is 6.97. The van der Waals surface area contributed by atoms with E-state index in [0.717, 1.165) is 41.3 Å². The van der Waals surface area contributed by atoms with E-state index < -0.39 is 11.5 Å². The minimum atomic E-state index is -1.27. The molecule has 1 atom stereocenters. The molecule has 2 N–H and O–H groups in total. The zero-order valence-corrected chi connectivity index (χ0v) is 26.4. The number of aromatic nitrogens is 1. The summed E-state index contributed by atoms with van der Waals surface area (Å²) >= 11 is 0. The summed E-state index contributed by atoms with van der Waals surface area (Å²) in [6, 6.07) is 21.2. The zero-order chi connectivity index (χ0) is 32.3. The van der Waals surface area contributed by atoms with Gasteiger partial charge in [-0.2, -0.15) is 0 Å². The van der Waals surface area contributed by atoms with Gasteiger partial charge in [-0.15, -0.1) is 0 Å². The highest BCUT2D eigenvalue weighted by atomic mass is 16.5. The first kappa shape index (κ1) is 31.3. The van der Waals surface area contributed by atoms with Crippen molar-refractivity contribution in [1.29, 1.82) is 0 Å². The van der Waals surface area contributed by atoms with E-state index in [-0.39, 0.29) is 24.7 Å². The average Bonchev–Trinajstić information content (AvgIpc) is 3.25. The number of rotatable bonds is 10.